The summed E-state index contributed by atoms with van der Waals surface area (Å²) in [5.74, 6) is 0.998. The number of hydrogen-bond donors (Lipinski definition) is 1. The van der Waals surface area contributed by atoms with Crippen molar-refractivity contribution in [3.8, 4) is 11.5 Å². The highest BCUT2D eigenvalue weighted by atomic mass is 16.5. The van der Waals surface area contributed by atoms with Crippen LogP contribution in [0, 0.1) is 6.92 Å². The molecular weight excluding hydrogens is 490 g/mol. The van der Waals surface area contributed by atoms with E-state index in [1.807, 2.05) is 59.1 Å². The number of aryl methyl sites for hydroxylation is 1. The number of carbonyl (C=O) groups is 2. The standard InChI is InChI=1S/C31H35N5O3/c1-5-39-28(37)17-18-32-31(38)35-20-26-22(4)33-36(25-10-7-6-8-11-25)30(26)34-19-9-12-27(34)29(35)24-15-13-23(14-16-24)21(2)3/h6-16,19,21,29H,5,17-18,20H2,1-4H3,(H,32,38)/t29-/m1/s1. The van der Waals surface area contributed by atoms with E-state index in [9.17, 15) is 9.59 Å². The number of benzene rings is 2. The molecule has 0 aliphatic carbocycles. The Labute approximate surface area is 229 Å². The van der Waals surface area contributed by atoms with E-state index >= 15 is 0 Å². The Morgan fingerprint density at radius 2 is 1.79 bits per heavy atom. The zero-order chi connectivity index (χ0) is 27.5. The highest BCUT2D eigenvalue weighted by Gasteiger charge is 2.36. The minimum atomic E-state index is -0.347. The van der Waals surface area contributed by atoms with Crippen LogP contribution in [0.15, 0.2) is 72.9 Å². The van der Waals surface area contributed by atoms with Gasteiger partial charge in [-0.1, -0.05) is 56.3 Å². The van der Waals surface area contributed by atoms with Gasteiger partial charge in [-0.25, -0.2) is 9.48 Å². The van der Waals surface area contributed by atoms with E-state index in [0.29, 0.717) is 19.1 Å². The smallest absolute Gasteiger partial charge is 0.318 e. The molecular formula is C31H35N5O3. The predicted octanol–water partition coefficient (Wildman–Crippen LogP) is 5.66. The largest absolute Gasteiger partial charge is 0.466 e. The maximum Gasteiger partial charge on any atom is 0.318 e. The summed E-state index contributed by atoms with van der Waals surface area (Å²) in [5, 5.41) is 7.85. The zero-order valence-electron chi connectivity index (χ0n) is 22.9. The highest BCUT2D eigenvalue weighted by Crippen LogP contribution is 2.38. The van der Waals surface area contributed by atoms with Crippen molar-refractivity contribution in [2.75, 3.05) is 13.2 Å². The number of para-hydroxylation sites is 1. The molecule has 3 heterocycles. The topological polar surface area (TPSA) is 81.4 Å². The summed E-state index contributed by atoms with van der Waals surface area (Å²) in [6, 6.07) is 22.0. The van der Waals surface area contributed by atoms with Crippen molar-refractivity contribution in [2.24, 2.45) is 0 Å². The second kappa shape index (κ2) is 11.2. The monoisotopic (exact) mass is 525 g/mol. The lowest BCUT2D eigenvalue weighted by Crippen LogP contribution is -2.42. The number of amides is 2. The van der Waals surface area contributed by atoms with E-state index < -0.39 is 0 Å². The van der Waals surface area contributed by atoms with E-state index in [-0.39, 0.29) is 31.0 Å². The van der Waals surface area contributed by atoms with Crippen molar-refractivity contribution in [3.05, 3.63) is 101 Å². The molecule has 0 fully saturated rings. The van der Waals surface area contributed by atoms with Crippen LogP contribution in [-0.4, -0.2) is 44.4 Å². The van der Waals surface area contributed by atoms with E-state index in [1.54, 1.807) is 6.92 Å². The third kappa shape index (κ3) is 5.19. The van der Waals surface area contributed by atoms with Crippen LogP contribution in [0.4, 0.5) is 4.79 Å². The second-order valence-electron chi connectivity index (χ2n) is 10.1. The first-order valence-electron chi connectivity index (χ1n) is 13.5. The summed E-state index contributed by atoms with van der Waals surface area (Å²) in [4.78, 5) is 27.6. The molecule has 1 atom stereocenters. The molecule has 0 saturated heterocycles. The first-order valence-corrected chi connectivity index (χ1v) is 13.5. The fourth-order valence-corrected chi connectivity index (χ4v) is 5.17. The van der Waals surface area contributed by atoms with Gasteiger partial charge in [0.25, 0.3) is 0 Å². The molecule has 1 N–H and O–H groups in total. The normalized spacial score (nSPS) is 14.5. The summed E-state index contributed by atoms with van der Waals surface area (Å²) in [6.07, 6.45) is 2.15. The summed E-state index contributed by atoms with van der Waals surface area (Å²) in [6.45, 7) is 8.97. The Morgan fingerprint density at radius 3 is 2.49 bits per heavy atom. The van der Waals surface area contributed by atoms with E-state index in [0.717, 1.165) is 34.0 Å². The predicted molar refractivity (Wildman–Crippen MR) is 150 cm³/mol. The first-order chi connectivity index (χ1) is 18.9. The summed E-state index contributed by atoms with van der Waals surface area (Å²) < 4.78 is 9.14. The number of urea groups is 1. The van der Waals surface area contributed by atoms with Gasteiger partial charge in [-0.2, -0.15) is 5.10 Å². The lowest BCUT2D eigenvalue weighted by atomic mass is 9.97. The van der Waals surface area contributed by atoms with Crippen molar-refractivity contribution in [2.45, 2.75) is 52.6 Å². The van der Waals surface area contributed by atoms with Gasteiger partial charge in [-0.3, -0.25) is 4.79 Å². The molecule has 0 bridgehead atoms. The summed E-state index contributed by atoms with van der Waals surface area (Å²) >= 11 is 0. The van der Waals surface area contributed by atoms with Crippen molar-refractivity contribution in [1.29, 1.82) is 0 Å². The van der Waals surface area contributed by atoms with Gasteiger partial charge in [-0.05, 0) is 55.2 Å². The van der Waals surface area contributed by atoms with Gasteiger partial charge in [-0.15, -0.1) is 0 Å². The fraction of sp³-hybridized carbons (Fsp3) is 0.323. The quantitative estimate of drug-likeness (QED) is 0.316. The average molecular weight is 526 g/mol. The minimum absolute atomic E-state index is 0.119. The van der Waals surface area contributed by atoms with Gasteiger partial charge < -0.3 is 19.5 Å². The fourth-order valence-electron chi connectivity index (χ4n) is 5.17. The molecule has 1 aliphatic heterocycles. The molecule has 0 radical (unpaired) electrons. The minimum Gasteiger partial charge on any atom is -0.466 e. The number of nitrogens with zero attached hydrogens (tertiary/aromatic N) is 4. The van der Waals surface area contributed by atoms with Crippen LogP contribution >= 0.6 is 0 Å². The Morgan fingerprint density at radius 1 is 1.05 bits per heavy atom. The molecule has 8 heteroatoms. The zero-order valence-corrected chi connectivity index (χ0v) is 22.9. The van der Waals surface area contributed by atoms with Gasteiger partial charge in [0.2, 0.25) is 0 Å². The molecule has 8 nitrogen and oxygen atoms in total. The van der Waals surface area contributed by atoms with Gasteiger partial charge >= 0.3 is 12.0 Å². The molecule has 5 rings (SSSR count). The van der Waals surface area contributed by atoms with Gasteiger partial charge in [0.15, 0.2) is 0 Å². The Bertz CT molecular complexity index is 1450. The number of aromatic nitrogens is 3. The Kier molecular flexibility index (Phi) is 7.54. The van der Waals surface area contributed by atoms with Crippen molar-refractivity contribution in [1.82, 2.24) is 24.6 Å². The third-order valence-electron chi connectivity index (χ3n) is 7.18. The SMILES string of the molecule is CCOC(=O)CCNC(=O)N1Cc2c(C)nn(-c3ccccc3)c2-n2cccc2[C@H]1c1ccc(C(C)C)cc1. The molecule has 2 aromatic heterocycles. The van der Waals surface area contributed by atoms with Crippen molar-refractivity contribution in [3.63, 3.8) is 0 Å². The Balaban J connectivity index is 1.60. The molecule has 2 aromatic carbocycles. The van der Waals surface area contributed by atoms with Crippen LogP contribution in [-0.2, 0) is 16.1 Å². The lowest BCUT2D eigenvalue weighted by molar-refractivity contribution is -0.142. The molecule has 0 saturated carbocycles. The first kappa shape index (κ1) is 26.3. The van der Waals surface area contributed by atoms with Gasteiger partial charge in [0.1, 0.15) is 5.82 Å². The van der Waals surface area contributed by atoms with Crippen molar-refractivity contribution < 1.29 is 14.3 Å². The molecule has 4 aromatic rings. The number of fused-ring (bicyclic) bond motifs is 3. The van der Waals surface area contributed by atoms with Crippen molar-refractivity contribution >= 4 is 12.0 Å². The third-order valence-corrected chi connectivity index (χ3v) is 7.18. The van der Waals surface area contributed by atoms with Crippen LogP contribution in [0.5, 0.6) is 0 Å². The van der Waals surface area contributed by atoms with Gasteiger partial charge in [0.05, 0.1) is 42.7 Å². The number of ether oxygens (including phenoxy) is 1. The molecule has 0 spiro atoms. The second-order valence-corrected chi connectivity index (χ2v) is 10.1. The average Bonchev–Trinajstić information content (AvgIpc) is 3.49. The van der Waals surface area contributed by atoms with Crippen LogP contribution in [0.25, 0.3) is 11.5 Å². The number of carbonyl (C=O) groups excluding carboxylic acids is 2. The summed E-state index contributed by atoms with van der Waals surface area (Å²) in [7, 11) is 0. The highest BCUT2D eigenvalue weighted by molar-refractivity contribution is 5.77. The number of hydrogen-bond acceptors (Lipinski definition) is 4. The maximum absolute atomic E-state index is 13.8. The molecule has 39 heavy (non-hydrogen) atoms. The molecule has 2 amide bonds. The van der Waals surface area contributed by atoms with E-state index in [4.69, 9.17) is 9.84 Å². The number of rotatable bonds is 7. The van der Waals surface area contributed by atoms with Crippen LogP contribution < -0.4 is 5.32 Å². The van der Waals surface area contributed by atoms with Crippen LogP contribution in [0.1, 0.15) is 67.2 Å². The maximum atomic E-state index is 13.8. The number of nitrogens with one attached hydrogen (secondary N) is 1. The summed E-state index contributed by atoms with van der Waals surface area (Å²) in [5.41, 5.74) is 6.00. The Hall–Kier alpha value is -4.33. The molecule has 0 unspecified atom stereocenters. The van der Waals surface area contributed by atoms with E-state index in [1.165, 1.54) is 5.56 Å². The number of esters is 1. The molecule has 202 valence electrons. The van der Waals surface area contributed by atoms with Gasteiger partial charge in [0, 0.05) is 18.3 Å². The van der Waals surface area contributed by atoms with E-state index in [2.05, 4.69) is 54.1 Å². The van der Waals surface area contributed by atoms with Crippen LogP contribution in [0.3, 0.4) is 0 Å². The molecule has 1 aliphatic rings. The van der Waals surface area contributed by atoms with Crippen LogP contribution in [0.2, 0.25) is 0 Å². The lowest BCUT2D eigenvalue weighted by Gasteiger charge is -2.31.